The molecule has 0 atom stereocenters. The van der Waals surface area contributed by atoms with Crippen molar-refractivity contribution in [3.05, 3.63) is 0 Å². The molecular formula is C13H25N7O. The van der Waals surface area contributed by atoms with Crippen molar-refractivity contribution in [2.45, 2.75) is 20.3 Å². The number of nitrogens with zero attached hydrogens (tertiary/aromatic N) is 5. The molecule has 1 aromatic heterocycles. The van der Waals surface area contributed by atoms with E-state index in [1.807, 2.05) is 11.9 Å². The lowest BCUT2D eigenvalue weighted by Gasteiger charge is -2.28. The van der Waals surface area contributed by atoms with Crippen molar-refractivity contribution in [3.8, 4) is 0 Å². The van der Waals surface area contributed by atoms with Gasteiger partial charge in [0.2, 0.25) is 17.8 Å². The van der Waals surface area contributed by atoms with Crippen LogP contribution in [0.15, 0.2) is 0 Å². The van der Waals surface area contributed by atoms with Crippen molar-refractivity contribution in [2.24, 2.45) is 11.8 Å². The number of aromatic nitrogens is 3. The standard InChI is InChI=1S/C13H25N7O/c1-10(2)4-5-19(3)12-15-11(18-14)16-13(17-12)20-6-8-21-9-7-20/h10H,4-9,14H2,1-3H3,(H,15,16,17,18). The molecule has 2 rings (SSSR count). The van der Waals surface area contributed by atoms with Crippen molar-refractivity contribution >= 4 is 17.8 Å². The summed E-state index contributed by atoms with van der Waals surface area (Å²) in [5, 5.41) is 0. The van der Waals surface area contributed by atoms with Gasteiger partial charge in [-0.25, -0.2) is 5.84 Å². The van der Waals surface area contributed by atoms with Crippen LogP contribution in [0.1, 0.15) is 20.3 Å². The largest absolute Gasteiger partial charge is 0.378 e. The van der Waals surface area contributed by atoms with Crippen LogP contribution in [0, 0.1) is 5.92 Å². The first-order chi connectivity index (χ1) is 10.1. The predicted molar refractivity (Wildman–Crippen MR) is 83.4 cm³/mol. The Balaban J connectivity index is 2.16. The van der Waals surface area contributed by atoms with Gasteiger partial charge in [-0.1, -0.05) is 13.8 Å². The van der Waals surface area contributed by atoms with Crippen molar-refractivity contribution in [1.29, 1.82) is 0 Å². The number of hydrazine groups is 1. The van der Waals surface area contributed by atoms with Gasteiger partial charge in [-0.3, -0.25) is 5.43 Å². The Morgan fingerprint density at radius 2 is 2.00 bits per heavy atom. The number of ether oxygens (including phenoxy) is 1. The van der Waals surface area contributed by atoms with Gasteiger partial charge in [0.25, 0.3) is 0 Å². The Bertz CT molecular complexity index is 448. The first kappa shape index (κ1) is 15.7. The van der Waals surface area contributed by atoms with Crippen molar-refractivity contribution in [2.75, 3.05) is 55.1 Å². The average molecular weight is 295 g/mol. The Morgan fingerprint density at radius 3 is 2.62 bits per heavy atom. The van der Waals surface area contributed by atoms with Crippen LogP contribution >= 0.6 is 0 Å². The van der Waals surface area contributed by atoms with Crippen LogP contribution in [0.25, 0.3) is 0 Å². The van der Waals surface area contributed by atoms with Crippen molar-refractivity contribution in [1.82, 2.24) is 15.0 Å². The third-order valence-electron chi connectivity index (χ3n) is 3.42. The molecule has 0 aromatic carbocycles. The number of morpholine rings is 1. The Morgan fingerprint density at radius 1 is 1.29 bits per heavy atom. The van der Waals surface area contributed by atoms with Crippen molar-refractivity contribution in [3.63, 3.8) is 0 Å². The maximum atomic E-state index is 5.47. The van der Waals surface area contributed by atoms with Gasteiger partial charge >= 0.3 is 0 Å². The molecule has 1 aliphatic heterocycles. The molecule has 3 N–H and O–H groups in total. The lowest BCUT2D eigenvalue weighted by Crippen LogP contribution is -2.38. The molecule has 2 heterocycles. The van der Waals surface area contributed by atoms with E-state index in [4.69, 9.17) is 10.6 Å². The zero-order valence-corrected chi connectivity index (χ0v) is 13.0. The monoisotopic (exact) mass is 295 g/mol. The molecule has 0 spiro atoms. The second kappa shape index (κ2) is 7.37. The van der Waals surface area contributed by atoms with E-state index in [9.17, 15) is 0 Å². The Hall–Kier alpha value is -1.67. The molecule has 0 saturated carbocycles. The van der Waals surface area contributed by atoms with E-state index in [1.54, 1.807) is 0 Å². The topological polar surface area (TPSA) is 92.4 Å². The van der Waals surface area contributed by atoms with E-state index in [0.717, 1.165) is 26.1 Å². The smallest absolute Gasteiger partial charge is 0.243 e. The third-order valence-corrected chi connectivity index (χ3v) is 3.42. The normalized spacial score (nSPS) is 15.4. The number of nitrogen functional groups attached to an aromatic ring is 1. The predicted octanol–water partition coefficient (Wildman–Crippen LogP) is 0.476. The van der Waals surface area contributed by atoms with Gasteiger partial charge in [0, 0.05) is 26.7 Å². The summed E-state index contributed by atoms with van der Waals surface area (Å²) in [6, 6.07) is 0. The highest BCUT2D eigenvalue weighted by molar-refractivity contribution is 5.44. The first-order valence-corrected chi connectivity index (χ1v) is 7.36. The lowest BCUT2D eigenvalue weighted by atomic mass is 10.1. The zero-order valence-electron chi connectivity index (χ0n) is 13.0. The van der Waals surface area contributed by atoms with Crippen LogP contribution in [0.2, 0.25) is 0 Å². The number of rotatable bonds is 6. The molecule has 0 aliphatic carbocycles. The maximum absolute atomic E-state index is 5.47. The second-order valence-electron chi connectivity index (χ2n) is 5.61. The van der Waals surface area contributed by atoms with E-state index < -0.39 is 0 Å². The highest BCUT2D eigenvalue weighted by atomic mass is 16.5. The lowest BCUT2D eigenvalue weighted by molar-refractivity contribution is 0.122. The van der Waals surface area contributed by atoms with Crippen LogP contribution in [0.4, 0.5) is 17.8 Å². The number of anilines is 3. The van der Waals surface area contributed by atoms with Crippen LogP contribution in [0.3, 0.4) is 0 Å². The second-order valence-corrected chi connectivity index (χ2v) is 5.61. The summed E-state index contributed by atoms with van der Waals surface area (Å²) >= 11 is 0. The molecule has 21 heavy (non-hydrogen) atoms. The van der Waals surface area contributed by atoms with Gasteiger partial charge in [-0.15, -0.1) is 0 Å². The van der Waals surface area contributed by atoms with Crippen LogP contribution in [0.5, 0.6) is 0 Å². The molecule has 1 aromatic rings. The average Bonchev–Trinajstić information content (AvgIpc) is 2.52. The van der Waals surface area contributed by atoms with E-state index in [1.165, 1.54) is 0 Å². The molecule has 8 nitrogen and oxygen atoms in total. The summed E-state index contributed by atoms with van der Waals surface area (Å²) < 4.78 is 5.36. The maximum Gasteiger partial charge on any atom is 0.243 e. The molecule has 1 fully saturated rings. The third kappa shape index (κ3) is 4.40. The minimum Gasteiger partial charge on any atom is -0.378 e. The van der Waals surface area contributed by atoms with Crippen molar-refractivity contribution < 1.29 is 4.74 Å². The molecule has 118 valence electrons. The molecule has 0 bridgehead atoms. The fraction of sp³-hybridized carbons (Fsp3) is 0.769. The molecule has 0 unspecified atom stereocenters. The summed E-state index contributed by atoms with van der Waals surface area (Å²) in [6.45, 7) is 8.24. The number of nitrogens with two attached hydrogens (primary N) is 1. The van der Waals surface area contributed by atoms with Gasteiger partial charge in [0.1, 0.15) is 0 Å². The molecule has 1 aliphatic rings. The van der Waals surface area contributed by atoms with E-state index in [-0.39, 0.29) is 0 Å². The van der Waals surface area contributed by atoms with E-state index in [2.05, 4.69) is 39.1 Å². The molecule has 1 saturated heterocycles. The number of nitrogens with one attached hydrogen (secondary N) is 1. The van der Waals surface area contributed by atoms with Gasteiger partial charge < -0.3 is 14.5 Å². The molecule has 0 radical (unpaired) electrons. The Kier molecular flexibility index (Phi) is 5.51. The molecular weight excluding hydrogens is 270 g/mol. The quantitative estimate of drug-likeness (QED) is 0.578. The molecule has 8 heteroatoms. The summed E-state index contributed by atoms with van der Waals surface area (Å²) in [7, 11) is 1.99. The van der Waals surface area contributed by atoms with E-state index in [0.29, 0.717) is 37.0 Å². The fourth-order valence-corrected chi connectivity index (χ4v) is 2.05. The minimum atomic E-state index is 0.387. The van der Waals surface area contributed by atoms with Gasteiger partial charge in [0.15, 0.2) is 0 Å². The SMILES string of the molecule is CC(C)CCN(C)c1nc(NN)nc(N2CCOCC2)n1. The van der Waals surface area contributed by atoms with Crippen LogP contribution in [-0.4, -0.2) is 54.8 Å². The Labute approximate surface area is 125 Å². The summed E-state index contributed by atoms with van der Waals surface area (Å²) in [4.78, 5) is 17.4. The van der Waals surface area contributed by atoms with E-state index >= 15 is 0 Å². The first-order valence-electron chi connectivity index (χ1n) is 7.36. The van der Waals surface area contributed by atoms with Crippen LogP contribution in [-0.2, 0) is 4.74 Å². The number of hydrogen-bond donors (Lipinski definition) is 2. The number of hydrogen-bond acceptors (Lipinski definition) is 8. The summed E-state index contributed by atoms with van der Waals surface area (Å²) in [6.07, 6.45) is 1.08. The zero-order chi connectivity index (χ0) is 15.2. The van der Waals surface area contributed by atoms with Gasteiger partial charge in [-0.2, -0.15) is 15.0 Å². The highest BCUT2D eigenvalue weighted by Gasteiger charge is 2.17. The summed E-state index contributed by atoms with van der Waals surface area (Å²) in [5.74, 6) is 7.79. The van der Waals surface area contributed by atoms with Gasteiger partial charge in [0.05, 0.1) is 13.2 Å². The van der Waals surface area contributed by atoms with Gasteiger partial charge in [-0.05, 0) is 12.3 Å². The van der Waals surface area contributed by atoms with Crippen LogP contribution < -0.4 is 21.1 Å². The summed E-state index contributed by atoms with van der Waals surface area (Å²) in [5.41, 5.74) is 2.52. The molecule has 0 amide bonds. The fourth-order valence-electron chi connectivity index (χ4n) is 2.05. The highest BCUT2D eigenvalue weighted by Crippen LogP contribution is 2.17. The minimum absolute atomic E-state index is 0.387.